The van der Waals surface area contributed by atoms with E-state index >= 15 is 0 Å². The van der Waals surface area contributed by atoms with E-state index in [4.69, 9.17) is 9.47 Å². The lowest BCUT2D eigenvalue weighted by Crippen LogP contribution is -2.52. The van der Waals surface area contributed by atoms with Crippen LogP contribution >= 0.6 is 15.9 Å². The summed E-state index contributed by atoms with van der Waals surface area (Å²) in [7, 11) is -2.61. The van der Waals surface area contributed by atoms with Crippen LogP contribution in [0.25, 0.3) is 0 Å². The maximum atomic E-state index is 14.1. The fraction of sp³-hybridized carbons (Fsp3) is 0.375. The molecule has 1 aliphatic rings. The number of anilines is 1. The molecule has 1 aliphatic carbocycles. The molecule has 43 heavy (non-hydrogen) atoms. The molecule has 0 radical (unpaired) electrons. The second-order valence-corrected chi connectivity index (χ2v) is 13.2. The van der Waals surface area contributed by atoms with Crippen LogP contribution in [0.15, 0.2) is 82.2 Å². The fourth-order valence-corrected chi connectivity index (χ4v) is 6.76. The monoisotopic (exact) mass is 671 g/mol. The second-order valence-electron chi connectivity index (χ2n) is 10.4. The molecule has 1 atom stereocenters. The van der Waals surface area contributed by atoms with E-state index < -0.39 is 28.5 Å². The molecule has 230 valence electrons. The first-order chi connectivity index (χ1) is 20.6. The van der Waals surface area contributed by atoms with Crippen LogP contribution in [0.1, 0.15) is 45.1 Å². The lowest BCUT2D eigenvalue weighted by molar-refractivity contribution is -0.139. The van der Waals surface area contributed by atoms with Gasteiger partial charge in [-0.3, -0.25) is 13.9 Å². The van der Waals surface area contributed by atoms with Gasteiger partial charge >= 0.3 is 0 Å². The summed E-state index contributed by atoms with van der Waals surface area (Å²) < 4.78 is 40.7. The minimum absolute atomic E-state index is 0.0313. The van der Waals surface area contributed by atoms with E-state index in [0.29, 0.717) is 23.8 Å². The van der Waals surface area contributed by atoms with Crippen molar-refractivity contribution in [3.8, 4) is 11.5 Å². The van der Waals surface area contributed by atoms with Crippen molar-refractivity contribution < 1.29 is 27.5 Å². The standard InChI is InChI=1S/C32H38BrN3O6S/c1-4-42-28-16-14-27(15-17-28)36(43(39,40)30-18-12-25(33)13-19-30)22-31(37)35(21-24-8-7-11-29(20-24)41-3)23(2)32(38)34-26-9-5-6-10-26/h7-8,11-20,23,26H,4-6,9-10,21-22H2,1-3H3,(H,34,38)/t23-/m1/s1. The highest BCUT2D eigenvalue weighted by Crippen LogP contribution is 2.28. The Bertz CT molecular complexity index is 1490. The molecular weight excluding hydrogens is 634 g/mol. The van der Waals surface area contributed by atoms with Crippen LogP contribution in [0.5, 0.6) is 11.5 Å². The quantitative estimate of drug-likeness (QED) is 0.256. The Hall–Kier alpha value is -3.57. The summed E-state index contributed by atoms with van der Waals surface area (Å²) in [4.78, 5) is 29.0. The van der Waals surface area contributed by atoms with Gasteiger partial charge in [-0.25, -0.2) is 8.42 Å². The maximum Gasteiger partial charge on any atom is 0.264 e. The number of halogens is 1. The van der Waals surface area contributed by atoms with Crippen molar-refractivity contribution in [2.75, 3.05) is 24.6 Å². The molecule has 4 rings (SSSR count). The summed E-state index contributed by atoms with van der Waals surface area (Å²) in [6.07, 6.45) is 3.91. The minimum Gasteiger partial charge on any atom is -0.497 e. The van der Waals surface area contributed by atoms with Gasteiger partial charge in [0.1, 0.15) is 24.1 Å². The summed E-state index contributed by atoms with van der Waals surface area (Å²) >= 11 is 3.35. The number of carbonyl (C=O) groups is 2. The first kappa shape index (κ1) is 32.3. The number of sulfonamides is 1. The summed E-state index contributed by atoms with van der Waals surface area (Å²) in [5.41, 5.74) is 1.04. The average molecular weight is 673 g/mol. The zero-order chi connectivity index (χ0) is 31.0. The molecule has 3 aromatic rings. The molecule has 1 fully saturated rings. The van der Waals surface area contributed by atoms with Gasteiger partial charge in [0.15, 0.2) is 0 Å². The molecule has 0 aliphatic heterocycles. The molecule has 1 saturated carbocycles. The Labute approximate surface area is 262 Å². The van der Waals surface area contributed by atoms with E-state index in [1.54, 1.807) is 62.6 Å². The number of carbonyl (C=O) groups excluding carboxylic acids is 2. The SMILES string of the molecule is CCOc1ccc(N(CC(=O)N(Cc2cccc(OC)c2)[C@H](C)C(=O)NC2CCCC2)S(=O)(=O)c2ccc(Br)cc2)cc1. The van der Waals surface area contributed by atoms with E-state index in [0.717, 1.165) is 40.0 Å². The molecule has 3 aromatic carbocycles. The largest absolute Gasteiger partial charge is 0.497 e. The number of benzene rings is 3. The fourth-order valence-electron chi connectivity index (χ4n) is 5.08. The normalized spacial score (nSPS) is 14.1. The molecule has 2 amide bonds. The number of amides is 2. The highest BCUT2D eigenvalue weighted by Gasteiger charge is 2.33. The third-order valence-electron chi connectivity index (χ3n) is 7.47. The van der Waals surface area contributed by atoms with Crippen LogP contribution in [0.2, 0.25) is 0 Å². The minimum atomic E-state index is -4.17. The van der Waals surface area contributed by atoms with Gasteiger partial charge in [0.2, 0.25) is 11.8 Å². The van der Waals surface area contributed by atoms with Crippen LogP contribution in [0, 0.1) is 0 Å². The zero-order valence-electron chi connectivity index (χ0n) is 24.7. The van der Waals surface area contributed by atoms with Crippen LogP contribution in [-0.4, -0.2) is 57.5 Å². The van der Waals surface area contributed by atoms with Crippen molar-refractivity contribution in [2.24, 2.45) is 0 Å². The molecule has 0 spiro atoms. The summed E-state index contributed by atoms with van der Waals surface area (Å²) in [6, 6.07) is 19.2. The number of ether oxygens (including phenoxy) is 2. The first-order valence-electron chi connectivity index (χ1n) is 14.4. The van der Waals surface area contributed by atoms with Crippen molar-refractivity contribution in [1.29, 1.82) is 0 Å². The molecule has 0 bridgehead atoms. The third kappa shape index (κ3) is 8.29. The predicted molar refractivity (Wildman–Crippen MR) is 170 cm³/mol. The third-order valence-corrected chi connectivity index (χ3v) is 9.79. The van der Waals surface area contributed by atoms with Crippen molar-refractivity contribution in [3.63, 3.8) is 0 Å². The van der Waals surface area contributed by atoms with Crippen molar-refractivity contribution in [1.82, 2.24) is 10.2 Å². The Morgan fingerprint density at radius 2 is 1.67 bits per heavy atom. The summed E-state index contributed by atoms with van der Waals surface area (Å²) in [5.74, 6) is 0.398. The van der Waals surface area contributed by atoms with E-state index in [1.165, 1.54) is 17.0 Å². The smallest absolute Gasteiger partial charge is 0.264 e. The Morgan fingerprint density at radius 1 is 1.00 bits per heavy atom. The molecule has 0 saturated heterocycles. The van der Waals surface area contributed by atoms with Gasteiger partial charge in [0.05, 0.1) is 24.3 Å². The van der Waals surface area contributed by atoms with Gasteiger partial charge < -0.3 is 19.7 Å². The molecule has 0 unspecified atom stereocenters. The van der Waals surface area contributed by atoms with Gasteiger partial charge in [-0.2, -0.15) is 0 Å². The topological polar surface area (TPSA) is 105 Å². The molecule has 0 aromatic heterocycles. The van der Waals surface area contributed by atoms with Crippen LogP contribution in [-0.2, 0) is 26.2 Å². The van der Waals surface area contributed by atoms with Gasteiger partial charge in [-0.1, -0.05) is 40.9 Å². The highest BCUT2D eigenvalue weighted by molar-refractivity contribution is 9.10. The lowest BCUT2D eigenvalue weighted by atomic mass is 10.1. The van der Waals surface area contributed by atoms with Crippen LogP contribution in [0.3, 0.4) is 0 Å². The molecular formula is C32H38BrN3O6S. The second kappa shape index (κ2) is 14.7. The number of hydrogen-bond acceptors (Lipinski definition) is 6. The number of hydrogen-bond donors (Lipinski definition) is 1. The van der Waals surface area contributed by atoms with E-state index in [9.17, 15) is 18.0 Å². The number of methoxy groups -OCH3 is 1. The highest BCUT2D eigenvalue weighted by atomic mass is 79.9. The van der Waals surface area contributed by atoms with Gasteiger partial charge in [-0.05, 0) is 92.9 Å². The van der Waals surface area contributed by atoms with Gasteiger partial charge in [0.25, 0.3) is 10.0 Å². The van der Waals surface area contributed by atoms with E-state index in [-0.39, 0.29) is 23.4 Å². The zero-order valence-corrected chi connectivity index (χ0v) is 27.1. The average Bonchev–Trinajstić information content (AvgIpc) is 3.52. The van der Waals surface area contributed by atoms with E-state index in [1.807, 2.05) is 19.1 Å². The lowest BCUT2D eigenvalue weighted by Gasteiger charge is -2.32. The van der Waals surface area contributed by atoms with Crippen molar-refractivity contribution >= 4 is 43.5 Å². The predicted octanol–water partition coefficient (Wildman–Crippen LogP) is 5.53. The molecule has 1 N–H and O–H groups in total. The van der Waals surface area contributed by atoms with E-state index in [2.05, 4.69) is 21.2 Å². The van der Waals surface area contributed by atoms with Crippen molar-refractivity contribution in [2.45, 2.75) is 63.1 Å². The maximum absolute atomic E-state index is 14.1. The number of nitrogens with one attached hydrogen (secondary N) is 1. The first-order valence-corrected chi connectivity index (χ1v) is 16.6. The Kier molecular flexibility index (Phi) is 11.1. The van der Waals surface area contributed by atoms with Crippen molar-refractivity contribution in [3.05, 3.63) is 82.8 Å². The van der Waals surface area contributed by atoms with Gasteiger partial charge in [-0.15, -0.1) is 0 Å². The summed E-state index contributed by atoms with van der Waals surface area (Å²) in [5, 5.41) is 3.08. The van der Waals surface area contributed by atoms with Crippen LogP contribution in [0.4, 0.5) is 5.69 Å². The molecule has 0 heterocycles. The molecule has 11 heteroatoms. The van der Waals surface area contributed by atoms with Gasteiger partial charge in [0, 0.05) is 17.1 Å². The Balaban J connectivity index is 1.69. The summed E-state index contributed by atoms with van der Waals surface area (Å²) in [6.45, 7) is 3.56. The number of rotatable bonds is 13. The molecule has 9 nitrogen and oxygen atoms in total. The number of nitrogens with zero attached hydrogens (tertiary/aromatic N) is 2. The Morgan fingerprint density at radius 3 is 2.30 bits per heavy atom. The van der Waals surface area contributed by atoms with Crippen LogP contribution < -0.4 is 19.1 Å².